The molecule has 0 aromatic carbocycles. The first-order valence-electron chi connectivity index (χ1n) is 6.32. The number of hydrogen-bond donors (Lipinski definition) is 0. The van der Waals surface area contributed by atoms with E-state index in [1.165, 1.54) is 0 Å². The van der Waals surface area contributed by atoms with E-state index in [1.54, 1.807) is 39.0 Å². The van der Waals surface area contributed by atoms with Crippen LogP contribution >= 0.6 is 7.82 Å². The molecule has 0 saturated carbocycles. The second-order valence-electron chi connectivity index (χ2n) is 3.84. The van der Waals surface area contributed by atoms with Crippen LogP contribution in [0.1, 0.15) is 40.0 Å². The predicted octanol–water partition coefficient (Wildman–Crippen LogP) is 3.05. The standard InChI is InChI=1S/C12H18N3O4P/c1-4-10(7-13)17-20(16,18-11(5-2)8-14)19-12(6-3)9-15/h10-12H,4-6H2,1-3H3. The normalized spacial score (nSPS) is 17.8. The van der Waals surface area contributed by atoms with Crippen molar-refractivity contribution in [2.75, 3.05) is 0 Å². The van der Waals surface area contributed by atoms with Crippen LogP contribution in [0.2, 0.25) is 0 Å². The minimum absolute atomic E-state index is 0.278. The largest absolute Gasteiger partial charge is 0.478 e. The molecule has 0 aliphatic heterocycles. The van der Waals surface area contributed by atoms with Gasteiger partial charge in [0, 0.05) is 0 Å². The van der Waals surface area contributed by atoms with E-state index in [9.17, 15) is 4.57 Å². The summed E-state index contributed by atoms with van der Waals surface area (Å²) < 4.78 is 27.6. The average molecular weight is 299 g/mol. The van der Waals surface area contributed by atoms with Crippen molar-refractivity contribution in [1.29, 1.82) is 15.8 Å². The predicted molar refractivity (Wildman–Crippen MR) is 69.9 cm³/mol. The highest BCUT2D eigenvalue weighted by Crippen LogP contribution is 2.53. The first kappa shape index (κ1) is 18.6. The van der Waals surface area contributed by atoms with E-state index in [2.05, 4.69) is 0 Å². The summed E-state index contributed by atoms with van der Waals surface area (Å²) in [4.78, 5) is 0. The molecule has 0 spiro atoms. The Morgan fingerprint density at radius 1 is 0.800 bits per heavy atom. The summed E-state index contributed by atoms with van der Waals surface area (Å²) in [6.07, 6.45) is -2.14. The first-order chi connectivity index (χ1) is 9.48. The van der Waals surface area contributed by atoms with Gasteiger partial charge in [0.1, 0.15) is 0 Å². The minimum atomic E-state index is -4.15. The Morgan fingerprint density at radius 2 is 1.05 bits per heavy atom. The van der Waals surface area contributed by atoms with E-state index in [4.69, 9.17) is 29.4 Å². The maximum absolute atomic E-state index is 12.5. The molecule has 0 aliphatic carbocycles. The maximum atomic E-state index is 12.5. The molecule has 0 amide bonds. The molecule has 110 valence electrons. The van der Waals surface area contributed by atoms with Crippen molar-refractivity contribution in [2.24, 2.45) is 0 Å². The van der Waals surface area contributed by atoms with E-state index in [0.717, 1.165) is 0 Å². The third kappa shape index (κ3) is 6.15. The molecule has 0 radical (unpaired) electrons. The van der Waals surface area contributed by atoms with E-state index in [-0.39, 0.29) is 19.3 Å². The molecule has 0 fully saturated rings. The lowest BCUT2D eigenvalue weighted by atomic mass is 10.3. The molecule has 0 aliphatic rings. The first-order valence-corrected chi connectivity index (χ1v) is 7.78. The van der Waals surface area contributed by atoms with Crippen LogP contribution in [-0.4, -0.2) is 18.3 Å². The summed E-state index contributed by atoms with van der Waals surface area (Å²) in [7, 11) is -4.15. The van der Waals surface area contributed by atoms with Crippen LogP contribution in [0, 0.1) is 34.0 Å². The Balaban J connectivity index is 5.13. The molecule has 20 heavy (non-hydrogen) atoms. The topological polar surface area (TPSA) is 116 Å². The van der Waals surface area contributed by atoms with E-state index < -0.39 is 26.1 Å². The van der Waals surface area contributed by atoms with Gasteiger partial charge >= 0.3 is 7.82 Å². The van der Waals surface area contributed by atoms with Crippen molar-refractivity contribution < 1.29 is 18.1 Å². The molecule has 0 rings (SSSR count). The Kier molecular flexibility index (Phi) is 8.81. The lowest BCUT2D eigenvalue weighted by molar-refractivity contribution is 0.0649. The van der Waals surface area contributed by atoms with Crippen molar-refractivity contribution in [2.45, 2.75) is 58.3 Å². The van der Waals surface area contributed by atoms with Crippen LogP contribution in [0.25, 0.3) is 0 Å². The van der Waals surface area contributed by atoms with Gasteiger partial charge < -0.3 is 0 Å². The van der Waals surface area contributed by atoms with Crippen molar-refractivity contribution in [3.63, 3.8) is 0 Å². The molecule has 0 aromatic heterocycles. The number of nitriles is 3. The van der Waals surface area contributed by atoms with Crippen molar-refractivity contribution >= 4 is 7.82 Å². The molecule has 0 saturated heterocycles. The monoisotopic (exact) mass is 299 g/mol. The Bertz CT molecular complexity index is 396. The number of phosphoric ester groups is 1. The zero-order valence-electron chi connectivity index (χ0n) is 11.8. The maximum Gasteiger partial charge on any atom is 0.478 e. The summed E-state index contributed by atoms with van der Waals surface area (Å²) in [5.74, 6) is 0. The highest BCUT2D eigenvalue weighted by molar-refractivity contribution is 7.48. The van der Waals surface area contributed by atoms with Crippen molar-refractivity contribution in [1.82, 2.24) is 0 Å². The fourth-order valence-electron chi connectivity index (χ4n) is 1.11. The number of nitrogens with zero attached hydrogens (tertiary/aromatic N) is 3. The fourth-order valence-corrected chi connectivity index (χ4v) is 2.78. The summed E-state index contributed by atoms with van der Waals surface area (Å²) >= 11 is 0. The summed E-state index contributed by atoms with van der Waals surface area (Å²) in [6.45, 7) is 5.00. The van der Waals surface area contributed by atoms with Gasteiger partial charge in [-0.15, -0.1) is 0 Å². The SMILES string of the molecule is CCC(C#N)OP(=O)(OC(C#N)CC)OC(C#N)CC. The minimum Gasteiger partial charge on any atom is -0.268 e. The Labute approximate surface area is 119 Å². The number of phosphoric acid groups is 1. The van der Waals surface area contributed by atoms with Gasteiger partial charge in [0.05, 0.1) is 18.2 Å². The molecule has 0 bridgehead atoms. The molecular weight excluding hydrogens is 281 g/mol. The van der Waals surface area contributed by atoms with E-state index >= 15 is 0 Å². The van der Waals surface area contributed by atoms with Gasteiger partial charge in [-0.25, -0.2) is 4.57 Å². The highest BCUT2D eigenvalue weighted by atomic mass is 31.2. The molecular formula is C12H18N3O4P. The molecule has 8 heteroatoms. The number of rotatable bonds is 9. The second kappa shape index (κ2) is 9.48. The summed E-state index contributed by atoms with van der Waals surface area (Å²) in [5.41, 5.74) is 0. The van der Waals surface area contributed by atoms with Crippen LogP contribution < -0.4 is 0 Å². The van der Waals surface area contributed by atoms with Crippen LogP contribution in [-0.2, 0) is 18.1 Å². The smallest absolute Gasteiger partial charge is 0.268 e. The second-order valence-corrected chi connectivity index (χ2v) is 5.37. The van der Waals surface area contributed by atoms with Gasteiger partial charge in [-0.2, -0.15) is 15.8 Å². The zero-order valence-corrected chi connectivity index (χ0v) is 12.7. The van der Waals surface area contributed by atoms with Gasteiger partial charge in [-0.05, 0) is 19.3 Å². The molecule has 0 N–H and O–H groups in total. The van der Waals surface area contributed by atoms with Crippen LogP contribution in [0.5, 0.6) is 0 Å². The van der Waals surface area contributed by atoms with Gasteiger partial charge in [0.2, 0.25) is 0 Å². The molecule has 3 atom stereocenters. The molecule has 0 heterocycles. The summed E-state index contributed by atoms with van der Waals surface area (Å²) in [6, 6.07) is 5.42. The zero-order chi connectivity index (χ0) is 15.6. The van der Waals surface area contributed by atoms with Gasteiger partial charge in [0.25, 0.3) is 0 Å². The van der Waals surface area contributed by atoms with Gasteiger partial charge in [0.15, 0.2) is 18.3 Å². The van der Waals surface area contributed by atoms with Crippen molar-refractivity contribution in [3.8, 4) is 18.2 Å². The highest BCUT2D eigenvalue weighted by Gasteiger charge is 2.36. The average Bonchev–Trinajstić information content (AvgIpc) is 2.48. The van der Waals surface area contributed by atoms with Gasteiger partial charge in [-0.1, -0.05) is 20.8 Å². The Morgan fingerprint density at radius 3 is 1.20 bits per heavy atom. The lowest BCUT2D eigenvalue weighted by Crippen LogP contribution is -2.18. The van der Waals surface area contributed by atoms with Crippen LogP contribution in [0.3, 0.4) is 0 Å². The quantitative estimate of drug-likeness (QED) is 0.600. The molecule has 0 aromatic rings. The molecule has 3 unspecified atom stereocenters. The third-order valence-electron chi connectivity index (χ3n) is 2.31. The van der Waals surface area contributed by atoms with E-state index in [0.29, 0.717) is 0 Å². The van der Waals surface area contributed by atoms with Crippen LogP contribution in [0.15, 0.2) is 0 Å². The van der Waals surface area contributed by atoms with Crippen molar-refractivity contribution in [3.05, 3.63) is 0 Å². The fraction of sp³-hybridized carbons (Fsp3) is 0.750. The number of hydrogen-bond acceptors (Lipinski definition) is 7. The lowest BCUT2D eigenvalue weighted by Gasteiger charge is -2.23. The van der Waals surface area contributed by atoms with Gasteiger partial charge in [-0.3, -0.25) is 13.6 Å². The third-order valence-corrected chi connectivity index (χ3v) is 3.85. The Hall–Kier alpha value is -1.42. The van der Waals surface area contributed by atoms with E-state index in [1.807, 2.05) is 0 Å². The summed E-state index contributed by atoms with van der Waals surface area (Å²) in [5, 5.41) is 26.5. The van der Waals surface area contributed by atoms with Crippen LogP contribution in [0.4, 0.5) is 0 Å². The molecule has 7 nitrogen and oxygen atoms in total.